The molecule has 0 spiro atoms. The molecule has 0 unspecified atom stereocenters. The van der Waals surface area contributed by atoms with Crippen molar-refractivity contribution in [2.24, 2.45) is 5.10 Å². The summed E-state index contributed by atoms with van der Waals surface area (Å²) in [5.74, 6) is 0. The van der Waals surface area contributed by atoms with Crippen molar-refractivity contribution in [2.75, 3.05) is 23.0 Å². The number of rotatable bonds is 7. The van der Waals surface area contributed by atoms with Crippen molar-refractivity contribution in [2.45, 2.75) is 20.8 Å². The van der Waals surface area contributed by atoms with Gasteiger partial charge in [-0.2, -0.15) is 5.10 Å². The molecule has 3 rings (SSSR count). The van der Waals surface area contributed by atoms with Crippen molar-refractivity contribution in [3.63, 3.8) is 0 Å². The van der Waals surface area contributed by atoms with E-state index in [9.17, 15) is 0 Å². The molecule has 0 N–H and O–H groups in total. The van der Waals surface area contributed by atoms with Crippen molar-refractivity contribution < 1.29 is 0 Å². The van der Waals surface area contributed by atoms with Crippen LogP contribution < -0.4 is 9.91 Å². The minimum atomic E-state index is 1.01. The second-order valence-electron chi connectivity index (χ2n) is 6.44. The molecular weight excluding hydrogens is 330 g/mol. The molecular formula is C24H27N3. The summed E-state index contributed by atoms with van der Waals surface area (Å²) in [5.41, 5.74) is 5.69. The Kier molecular flexibility index (Phi) is 6.26. The third-order valence-corrected chi connectivity index (χ3v) is 4.70. The molecule has 0 heterocycles. The summed E-state index contributed by atoms with van der Waals surface area (Å²) in [7, 11) is 0. The van der Waals surface area contributed by atoms with Crippen LogP contribution in [0.1, 0.15) is 25.0 Å². The third-order valence-electron chi connectivity index (χ3n) is 4.70. The molecule has 0 aliphatic rings. The Morgan fingerprint density at radius 1 is 0.741 bits per heavy atom. The van der Waals surface area contributed by atoms with E-state index in [4.69, 9.17) is 5.10 Å². The van der Waals surface area contributed by atoms with Crippen molar-refractivity contribution in [1.29, 1.82) is 0 Å². The van der Waals surface area contributed by atoms with E-state index in [0.717, 1.165) is 30.0 Å². The Bertz CT molecular complexity index is 829. The summed E-state index contributed by atoms with van der Waals surface area (Å²) in [6.07, 6.45) is 1.95. The predicted octanol–water partition coefficient (Wildman–Crippen LogP) is 6.01. The van der Waals surface area contributed by atoms with Crippen molar-refractivity contribution >= 4 is 23.3 Å². The second kappa shape index (κ2) is 9.04. The first-order valence-electron chi connectivity index (χ1n) is 9.52. The number of hydrogen-bond donors (Lipinski definition) is 0. The molecule has 0 aromatic heterocycles. The highest BCUT2D eigenvalue weighted by Crippen LogP contribution is 2.25. The molecule has 0 saturated carbocycles. The molecule has 0 atom stereocenters. The average Bonchev–Trinajstić information content (AvgIpc) is 2.72. The molecule has 0 saturated heterocycles. The number of nitrogens with zero attached hydrogens (tertiary/aromatic N) is 3. The quantitative estimate of drug-likeness (QED) is 0.381. The molecule has 0 bridgehead atoms. The smallest absolute Gasteiger partial charge is 0.0652 e. The highest BCUT2D eigenvalue weighted by Gasteiger charge is 2.08. The minimum Gasteiger partial charge on any atom is -0.372 e. The first-order chi connectivity index (χ1) is 13.2. The molecule has 3 aromatic rings. The van der Waals surface area contributed by atoms with Crippen LogP contribution in [-0.2, 0) is 0 Å². The molecule has 3 nitrogen and oxygen atoms in total. The van der Waals surface area contributed by atoms with E-state index in [1.165, 1.54) is 11.3 Å². The van der Waals surface area contributed by atoms with E-state index in [2.05, 4.69) is 68.1 Å². The minimum absolute atomic E-state index is 1.01. The zero-order chi connectivity index (χ0) is 19.1. The van der Waals surface area contributed by atoms with Gasteiger partial charge in [-0.1, -0.05) is 42.5 Å². The normalized spacial score (nSPS) is 10.9. The maximum Gasteiger partial charge on any atom is 0.0652 e. The zero-order valence-electron chi connectivity index (χ0n) is 16.3. The highest BCUT2D eigenvalue weighted by atomic mass is 15.5. The fourth-order valence-corrected chi connectivity index (χ4v) is 3.13. The monoisotopic (exact) mass is 357 g/mol. The number of benzene rings is 3. The van der Waals surface area contributed by atoms with Gasteiger partial charge in [0.1, 0.15) is 0 Å². The Labute approximate surface area is 162 Å². The molecule has 0 fully saturated rings. The van der Waals surface area contributed by atoms with Crippen LogP contribution in [0, 0.1) is 6.92 Å². The van der Waals surface area contributed by atoms with E-state index in [-0.39, 0.29) is 0 Å². The summed E-state index contributed by atoms with van der Waals surface area (Å²) in [6.45, 7) is 8.54. The number of hydrazone groups is 1. The van der Waals surface area contributed by atoms with E-state index in [1.807, 2.05) is 47.6 Å². The second-order valence-corrected chi connectivity index (χ2v) is 6.44. The Balaban J connectivity index is 1.91. The molecule has 27 heavy (non-hydrogen) atoms. The summed E-state index contributed by atoms with van der Waals surface area (Å²) in [6, 6.07) is 27.0. The number of hydrogen-bond acceptors (Lipinski definition) is 3. The lowest BCUT2D eigenvalue weighted by molar-refractivity contribution is 0.865. The van der Waals surface area contributed by atoms with Gasteiger partial charge in [-0.3, -0.25) is 0 Å². The van der Waals surface area contributed by atoms with Gasteiger partial charge in [0, 0.05) is 18.8 Å². The molecule has 3 aromatic carbocycles. The summed E-state index contributed by atoms with van der Waals surface area (Å²) in [5, 5.41) is 6.77. The van der Waals surface area contributed by atoms with Gasteiger partial charge in [-0.05, 0) is 68.3 Å². The van der Waals surface area contributed by atoms with Crippen LogP contribution >= 0.6 is 0 Å². The Morgan fingerprint density at radius 2 is 1.30 bits per heavy atom. The van der Waals surface area contributed by atoms with Gasteiger partial charge in [-0.25, -0.2) is 5.01 Å². The van der Waals surface area contributed by atoms with E-state index >= 15 is 0 Å². The van der Waals surface area contributed by atoms with Gasteiger partial charge < -0.3 is 4.90 Å². The maximum absolute atomic E-state index is 4.80. The van der Waals surface area contributed by atoms with Crippen LogP contribution in [-0.4, -0.2) is 19.3 Å². The Morgan fingerprint density at radius 3 is 1.78 bits per heavy atom. The highest BCUT2D eigenvalue weighted by molar-refractivity contribution is 5.84. The third kappa shape index (κ3) is 4.56. The van der Waals surface area contributed by atoms with Crippen LogP contribution in [0.2, 0.25) is 0 Å². The topological polar surface area (TPSA) is 18.8 Å². The van der Waals surface area contributed by atoms with Crippen LogP contribution in [0.15, 0.2) is 84.0 Å². The van der Waals surface area contributed by atoms with Crippen molar-refractivity contribution in [3.8, 4) is 0 Å². The van der Waals surface area contributed by atoms with Gasteiger partial charge in [0.2, 0.25) is 0 Å². The number of aryl methyl sites for hydroxylation is 1. The van der Waals surface area contributed by atoms with E-state index in [1.54, 1.807) is 0 Å². The molecule has 0 aliphatic carbocycles. The molecule has 138 valence electrons. The van der Waals surface area contributed by atoms with Gasteiger partial charge in [0.05, 0.1) is 17.6 Å². The summed E-state index contributed by atoms with van der Waals surface area (Å²) < 4.78 is 0. The average molecular weight is 358 g/mol. The van der Waals surface area contributed by atoms with Gasteiger partial charge in [0.15, 0.2) is 0 Å². The Hall–Kier alpha value is -3.07. The van der Waals surface area contributed by atoms with Gasteiger partial charge in [0.25, 0.3) is 0 Å². The first kappa shape index (κ1) is 18.7. The van der Waals surface area contributed by atoms with Crippen LogP contribution in [0.4, 0.5) is 17.1 Å². The van der Waals surface area contributed by atoms with Crippen LogP contribution in [0.5, 0.6) is 0 Å². The number of anilines is 3. The summed E-state index contributed by atoms with van der Waals surface area (Å²) in [4.78, 5) is 2.36. The molecule has 3 heteroatoms. The lowest BCUT2D eigenvalue weighted by Crippen LogP contribution is -2.21. The molecule has 0 aliphatic heterocycles. The standard InChI is InChI=1S/C24H27N3/c1-4-26(5-2)24-17-16-21(20(3)18-24)19-25-27(22-12-8-6-9-13-22)23-14-10-7-11-15-23/h6-19H,4-5H2,1-3H3/b25-19+. The van der Waals surface area contributed by atoms with Crippen LogP contribution in [0.25, 0.3) is 0 Å². The van der Waals surface area contributed by atoms with E-state index in [0.29, 0.717) is 0 Å². The SMILES string of the molecule is CCN(CC)c1ccc(/C=N/N(c2ccccc2)c2ccccc2)c(C)c1. The fraction of sp³-hybridized carbons (Fsp3) is 0.208. The van der Waals surface area contributed by atoms with Crippen LogP contribution in [0.3, 0.4) is 0 Å². The molecule has 0 radical (unpaired) electrons. The zero-order valence-corrected chi connectivity index (χ0v) is 16.3. The van der Waals surface area contributed by atoms with Gasteiger partial charge in [-0.15, -0.1) is 0 Å². The van der Waals surface area contributed by atoms with Crippen molar-refractivity contribution in [3.05, 3.63) is 90.0 Å². The summed E-state index contributed by atoms with van der Waals surface area (Å²) >= 11 is 0. The van der Waals surface area contributed by atoms with Crippen molar-refractivity contribution in [1.82, 2.24) is 0 Å². The first-order valence-corrected chi connectivity index (χ1v) is 9.52. The fourth-order valence-electron chi connectivity index (χ4n) is 3.13. The predicted molar refractivity (Wildman–Crippen MR) is 117 cm³/mol. The van der Waals surface area contributed by atoms with Gasteiger partial charge >= 0.3 is 0 Å². The van der Waals surface area contributed by atoms with E-state index < -0.39 is 0 Å². The largest absolute Gasteiger partial charge is 0.372 e. The number of para-hydroxylation sites is 2. The maximum atomic E-state index is 4.80. The lowest BCUT2D eigenvalue weighted by Gasteiger charge is -2.22. The molecule has 0 amide bonds. The lowest BCUT2D eigenvalue weighted by atomic mass is 10.1.